The summed E-state index contributed by atoms with van der Waals surface area (Å²) >= 11 is 1.32. The lowest BCUT2D eigenvalue weighted by Crippen LogP contribution is -2.28. The lowest BCUT2D eigenvalue weighted by atomic mass is 10.0. The van der Waals surface area contributed by atoms with Crippen molar-refractivity contribution in [3.8, 4) is 11.5 Å². The molecule has 102 valence electrons. The van der Waals surface area contributed by atoms with Gasteiger partial charge in [0.15, 0.2) is 11.5 Å². The maximum Gasteiger partial charge on any atom is 0.161 e. The zero-order valence-electron chi connectivity index (χ0n) is 11.0. The van der Waals surface area contributed by atoms with Crippen LogP contribution < -0.4 is 20.7 Å². The second-order valence-electron chi connectivity index (χ2n) is 3.94. The van der Waals surface area contributed by atoms with Crippen LogP contribution in [0.4, 0.5) is 0 Å². The van der Waals surface area contributed by atoms with Gasteiger partial charge in [0, 0.05) is 0 Å². The predicted octanol–water partition coefficient (Wildman–Crippen LogP) is 1.42. The SMILES string of the molecule is COc1ccc(C(NN)c2snnc2C)cc1OC. The number of methoxy groups -OCH3 is 2. The fourth-order valence-corrected chi connectivity index (χ4v) is 2.59. The van der Waals surface area contributed by atoms with E-state index < -0.39 is 0 Å². The molecule has 7 heteroatoms. The molecule has 0 saturated carbocycles. The Balaban J connectivity index is 2.42. The van der Waals surface area contributed by atoms with Gasteiger partial charge >= 0.3 is 0 Å². The van der Waals surface area contributed by atoms with E-state index in [1.54, 1.807) is 14.2 Å². The summed E-state index contributed by atoms with van der Waals surface area (Å²) in [5.74, 6) is 7.00. The van der Waals surface area contributed by atoms with Gasteiger partial charge < -0.3 is 9.47 Å². The monoisotopic (exact) mass is 280 g/mol. The molecule has 0 saturated heterocycles. The number of benzene rings is 1. The van der Waals surface area contributed by atoms with Crippen molar-refractivity contribution >= 4 is 11.5 Å². The van der Waals surface area contributed by atoms with Crippen molar-refractivity contribution in [1.82, 2.24) is 15.0 Å². The summed E-state index contributed by atoms with van der Waals surface area (Å²) in [6.45, 7) is 1.91. The van der Waals surface area contributed by atoms with Gasteiger partial charge in [-0.05, 0) is 36.2 Å². The van der Waals surface area contributed by atoms with Gasteiger partial charge in [-0.1, -0.05) is 10.6 Å². The van der Waals surface area contributed by atoms with E-state index >= 15 is 0 Å². The van der Waals surface area contributed by atoms with Gasteiger partial charge in [0.25, 0.3) is 0 Å². The minimum Gasteiger partial charge on any atom is -0.493 e. The summed E-state index contributed by atoms with van der Waals surface area (Å²) in [6, 6.07) is 5.51. The van der Waals surface area contributed by atoms with Crippen molar-refractivity contribution in [3.63, 3.8) is 0 Å². The summed E-state index contributed by atoms with van der Waals surface area (Å²) in [7, 11) is 3.21. The van der Waals surface area contributed by atoms with Crippen LogP contribution in [-0.2, 0) is 0 Å². The number of hydrogen-bond donors (Lipinski definition) is 2. The number of hydrazine groups is 1. The number of nitrogens with zero attached hydrogens (tertiary/aromatic N) is 2. The molecule has 1 heterocycles. The Morgan fingerprint density at radius 2 is 2.00 bits per heavy atom. The standard InChI is InChI=1S/C12H16N4O2S/c1-7-12(19-16-15-7)11(14-13)8-4-5-9(17-2)10(6-8)18-3/h4-6,11,14H,13H2,1-3H3. The minimum atomic E-state index is -0.167. The van der Waals surface area contributed by atoms with Gasteiger partial charge in [0.05, 0.1) is 30.8 Å². The second kappa shape index (κ2) is 5.96. The Labute approximate surface area is 115 Å². The van der Waals surface area contributed by atoms with E-state index in [2.05, 4.69) is 15.0 Å². The fourth-order valence-electron chi connectivity index (χ4n) is 1.86. The van der Waals surface area contributed by atoms with Gasteiger partial charge in [-0.15, -0.1) is 5.10 Å². The van der Waals surface area contributed by atoms with Crippen molar-refractivity contribution in [2.45, 2.75) is 13.0 Å². The molecule has 0 spiro atoms. The van der Waals surface area contributed by atoms with Crippen LogP contribution in [0, 0.1) is 6.92 Å². The van der Waals surface area contributed by atoms with Crippen molar-refractivity contribution in [2.75, 3.05) is 14.2 Å². The number of hydrogen-bond acceptors (Lipinski definition) is 7. The van der Waals surface area contributed by atoms with Crippen LogP contribution in [0.25, 0.3) is 0 Å². The van der Waals surface area contributed by atoms with Crippen LogP contribution in [-0.4, -0.2) is 23.8 Å². The van der Waals surface area contributed by atoms with Crippen molar-refractivity contribution in [1.29, 1.82) is 0 Å². The molecule has 2 rings (SSSR count). The second-order valence-corrected chi connectivity index (χ2v) is 4.72. The highest BCUT2D eigenvalue weighted by Crippen LogP contribution is 2.33. The molecule has 2 aromatic rings. The van der Waals surface area contributed by atoms with Gasteiger partial charge in [-0.25, -0.2) is 5.43 Å². The van der Waals surface area contributed by atoms with Crippen LogP contribution in [0.1, 0.15) is 22.2 Å². The quantitative estimate of drug-likeness (QED) is 0.636. The van der Waals surface area contributed by atoms with Crippen LogP contribution in [0.3, 0.4) is 0 Å². The first-order valence-electron chi connectivity index (χ1n) is 5.68. The van der Waals surface area contributed by atoms with Crippen LogP contribution >= 0.6 is 11.5 Å². The molecular formula is C12H16N4O2S. The van der Waals surface area contributed by atoms with E-state index in [0.717, 1.165) is 16.1 Å². The van der Waals surface area contributed by atoms with E-state index in [1.165, 1.54) is 11.5 Å². The first kappa shape index (κ1) is 13.7. The average Bonchev–Trinajstić information content (AvgIpc) is 2.86. The van der Waals surface area contributed by atoms with E-state index in [0.29, 0.717) is 11.5 Å². The third-order valence-corrected chi connectivity index (χ3v) is 3.75. The maximum absolute atomic E-state index is 5.66. The Hall–Kier alpha value is -1.70. The Morgan fingerprint density at radius 3 is 2.53 bits per heavy atom. The van der Waals surface area contributed by atoms with E-state index in [9.17, 15) is 0 Å². The molecule has 0 aliphatic heterocycles. The molecular weight excluding hydrogens is 264 g/mol. The van der Waals surface area contributed by atoms with Crippen molar-refractivity contribution < 1.29 is 9.47 Å². The Bertz CT molecular complexity index is 558. The normalized spacial score (nSPS) is 12.2. The van der Waals surface area contributed by atoms with Crippen LogP contribution in [0.2, 0.25) is 0 Å². The largest absolute Gasteiger partial charge is 0.493 e. The molecule has 1 unspecified atom stereocenters. The number of nitrogens with two attached hydrogens (primary N) is 1. The molecule has 1 atom stereocenters. The van der Waals surface area contributed by atoms with E-state index in [-0.39, 0.29) is 6.04 Å². The highest BCUT2D eigenvalue weighted by molar-refractivity contribution is 7.05. The third kappa shape index (κ3) is 2.67. The van der Waals surface area contributed by atoms with Crippen LogP contribution in [0.15, 0.2) is 18.2 Å². The number of aromatic nitrogens is 2. The Kier molecular flexibility index (Phi) is 4.31. The van der Waals surface area contributed by atoms with Gasteiger partial charge in [-0.3, -0.25) is 5.84 Å². The predicted molar refractivity (Wildman–Crippen MR) is 73.4 cm³/mol. The number of aryl methyl sites for hydroxylation is 1. The number of ether oxygens (including phenoxy) is 2. The fraction of sp³-hybridized carbons (Fsp3) is 0.333. The third-order valence-electron chi connectivity index (χ3n) is 2.86. The van der Waals surface area contributed by atoms with Gasteiger partial charge in [0.1, 0.15) is 0 Å². The molecule has 0 amide bonds. The molecule has 19 heavy (non-hydrogen) atoms. The molecule has 1 aromatic heterocycles. The lowest BCUT2D eigenvalue weighted by Gasteiger charge is -2.17. The summed E-state index contributed by atoms with van der Waals surface area (Å²) in [4.78, 5) is 0.981. The first-order valence-corrected chi connectivity index (χ1v) is 6.45. The molecule has 6 nitrogen and oxygen atoms in total. The Morgan fingerprint density at radius 1 is 1.26 bits per heavy atom. The molecule has 0 bridgehead atoms. The average molecular weight is 280 g/mol. The summed E-state index contributed by atoms with van der Waals surface area (Å²) in [6.07, 6.45) is 0. The molecule has 0 fully saturated rings. The number of rotatable bonds is 5. The summed E-state index contributed by atoms with van der Waals surface area (Å²) in [5, 5.41) is 4.00. The zero-order valence-corrected chi connectivity index (χ0v) is 11.8. The van der Waals surface area contributed by atoms with Gasteiger partial charge in [-0.2, -0.15) is 0 Å². The van der Waals surface area contributed by atoms with E-state index in [4.69, 9.17) is 15.3 Å². The molecule has 3 N–H and O–H groups in total. The molecule has 0 aliphatic carbocycles. The molecule has 1 aromatic carbocycles. The summed E-state index contributed by atoms with van der Waals surface area (Å²) in [5.41, 5.74) is 4.62. The van der Waals surface area contributed by atoms with E-state index in [1.807, 2.05) is 25.1 Å². The lowest BCUT2D eigenvalue weighted by molar-refractivity contribution is 0.354. The van der Waals surface area contributed by atoms with Crippen molar-refractivity contribution in [3.05, 3.63) is 34.3 Å². The van der Waals surface area contributed by atoms with Crippen LogP contribution in [0.5, 0.6) is 11.5 Å². The highest BCUT2D eigenvalue weighted by atomic mass is 32.1. The smallest absolute Gasteiger partial charge is 0.161 e. The highest BCUT2D eigenvalue weighted by Gasteiger charge is 2.19. The molecule has 0 aliphatic rings. The molecule has 0 radical (unpaired) electrons. The topological polar surface area (TPSA) is 82.3 Å². The maximum atomic E-state index is 5.66. The zero-order chi connectivity index (χ0) is 13.8. The number of nitrogens with one attached hydrogen (secondary N) is 1. The summed E-state index contributed by atoms with van der Waals surface area (Å²) < 4.78 is 14.5. The minimum absolute atomic E-state index is 0.167. The van der Waals surface area contributed by atoms with Crippen molar-refractivity contribution in [2.24, 2.45) is 5.84 Å². The van der Waals surface area contributed by atoms with Gasteiger partial charge in [0.2, 0.25) is 0 Å². The first-order chi connectivity index (χ1) is 9.21.